The zero-order valence-electron chi connectivity index (χ0n) is 9.87. The van der Waals surface area contributed by atoms with Crippen LogP contribution in [0.5, 0.6) is 0 Å². The Morgan fingerprint density at radius 1 is 1.16 bits per heavy atom. The van der Waals surface area contributed by atoms with E-state index in [1.165, 1.54) is 4.83 Å². The average molecular weight is 280 g/mol. The van der Waals surface area contributed by atoms with Gasteiger partial charge in [0, 0.05) is 0 Å². The summed E-state index contributed by atoms with van der Waals surface area (Å²) in [6, 6.07) is 12.9. The molecule has 0 amide bonds. The van der Waals surface area contributed by atoms with E-state index in [-0.39, 0.29) is 6.42 Å². The van der Waals surface area contributed by atoms with E-state index in [9.17, 15) is 13.2 Å². The van der Waals surface area contributed by atoms with E-state index in [0.29, 0.717) is 5.56 Å². The van der Waals surface area contributed by atoms with Gasteiger partial charge in [-0.1, -0.05) is 42.5 Å². The van der Waals surface area contributed by atoms with Crippen molar-refractivity contribution in [2.24, 2.45) is 5.84 Å². The van der Waals surface area contributed by atoms with Crippen LogP contribution in [0.2, 0.25) is 0 Å². The van der Waals surface area contributed by atoms with Crippen LogP contribution in [0.25, 0.3) is 10.8 Å². The van der Waals surface area contributed by atoms with Gasteiger partial charge in [0.15, 0.2) is 0 Å². The fourth-order valence-corrected chi connectivity index (χ4v) is 2.13. The van der Waals surface area contributed by atoms with Gasteiger partial charge in [-0.3, -0.25) is 10.6 Å². The zero-order chi connectivity index (χ0) is 13.9. The van der Waals surface area contributed by atoms with Gasteiger partial charge in [0.1, 0.15) is 0 Å². The summed E-state index contributed by atoms with van der Waals surface area (Å²) in [5.41, 5.74) is 0.690. The number of carbonyl (C=O) groups is 1. The van der Waals surface area contributed by atoms with E-state index in [1.54, 1.807) is 12.1 Å². The second-order valence-corrected chi connectivity index (χ2v) is 5.15. The van der Waals surface area contributed by atoms with Crippen LogP contribution in [0.4, 0.5) is 0 Å². The van der Waals surface area contributed by atoms with Crippen molar-refractivity contribution < 1.29 is 17.4 Å². The number of hydrogen-bond acceptors (Lipinski definition) is 5. The minimum Gasteiger partial charge on any atom is -0.333 e. The molecule has 0 aliphatic carbocycles. The molecule has 0 bridgehead atoms. The SMILES string of the molecule is NNS(=O)(=O)OC(=O)Cc1cccc2ccccc12. The maximum Gasteiger partial charge on any atom is 0.397 e. The number of hydrazine groups is 1. The second-order valence-electron chi connectivity index (χ2n) is 3.84. The van der Waals surface area contributed by atoms with E-state index in [4.69, 9.17) is 5.84 Å². The first kappa shape index (κ1) is 13.5. The van der Waals surface area contributed by atoms with Crippen LogP contribution < -0.4 is 10.7 Å². The highest BCUT2D eigenvalue weighted by Crippen LogP contribution is 2.19. The summed E-state index contributed by atoms with van der Waals surface area (Å²) in [7, 11) is -4.21. The Morgan fingerprint density at radius 2 is 1.84 bits per heavy atom. The highest BCUT2D eigenvalue weighted by Gasteiger charge is 2.16. The fraction of sp³-hybridized carbons (Fsp3) is 0.0833. The molecule has 2 rings (SSSR count). The third-order valence-electron chi connectivity index (χ3n) is 2.56. The lowest BCUT2D eigenvalue weighted by atomic mass is 10.0. The van der Waals surface area contributed by atoms with Crippen molar-refractivity contribution in [3.8, 4) is 0 Å². The molecule has 0 atom stereocenters. The van der Waals surface area contributed by atoms with Crippen molar-refractivity contribution in [2.75, 3.05) is 0 Å². The van der Waals surface area contributed by atoms with Gasteiger partial charge < -0.3 is 4.18 Å². The molecule has 0 unspecified atom stereocenters. The molecule has 19 heavy (non-hydrogen) atoms. The molecule has 0 aliphatic heterocycles. The van der Waals surface area contributed by atoms with Crippen LogP contribution in [0.1, 0.15) is 5.56 Å². The quantitative estimate of drug-likeness (QED) is 0.632. The van der Waals surface area contributed by atoms with Crippen molar-refractivity contribution in [1.29, 1.82) is 0 Å². The van der Waals surface area contributed by atoms with E-state index in [1.807, 2.05) is 30.3 Å². The fourth-order valence-electron chi connectivity index (χ4n) is 1.78. The first-order valence-electron chi connectivity index (χ1n) is 5.43. The Labute approximate surface area is 110 Å². The lowest BCUT2D eigenvalue weighted by Gasteiger charge is -2.06. The van der Waals surface area contributed by atoms with Gasteiger partial charge in [-0.15, -0.1) is 4.83 Å². The minimum absolute atomic E-state index is 0.151. The summed E-state index contributed by atoms with van der Waals surface area (Å²) in [5.74, 6) is 3.83. The van der Waals surface area contributed by atoms with Crippen LogP contribution >= 0.6 is 0 Å². The van der Waals surface area contributed by atoms with Gasteiger partial charge in [0.2, 0.25) is 0 Å². The number of hydrogen-bond donors (Lipinski definition) is 2. The first-order chi connectivity index (χ1) is 9.02. The Bertz CT molecular complexity index is 707. The van der Waals surface area contributed by atoms with Gasteiger partial charge in [0.25, 0.3) is 0 Å². The number of carbonyl (C=O) groups excluding carboxylic acids is 1. The maximum atomic E-state index is 11.5. The summed E-state index contributed by atoms with van der Waals surface area (Å²) in [6.07, 6.45) is -0.151. The Hall–Kier alpha value is -1.96. The summed E-state index contributed by atoms with van der Waals surface area (Å²) in [6.45, 7) is 0. The highest BCUT2D eigenvalue weighted by molar-refractivity contribution is 7.85. The van der Waals surface area contributed by atoms with Crippen molar-refractivity contribution in [3.05, 3.63) is 48.0 Å². The van der Waals surface area contributed by atoms with Crippen molar-refractivity contribution in [2.45, 2.75) is 6.42 Å². The minimum atomic E-state index is -4.21. The monoisotopic (exact) mass is 280 g/mol. The molecule has 0 fully saturated rings. The van der Waals surface area contributed by atoms with Crippen LogP contribution in [0.3, 0.4) is 0 Å². The number of nitrogens with one attached hydrogen (secondary N) is 1. The van der Waals surface area contributed by atoms with E-state index in [2.05, 4.69) is 4.18 Å². The summed E-state index contributed by atoms with van der Waals surface area (Å²) in [5, 5.41) is 1.84. The molecule has 7 heteroatoms. The topological polar surface area (TPSA) is 98.5 Å². The molecule has 0 radical (unpaired) electrons. The molecule has 2 aromatic rings. The summed E-state index contributed by atoms with van der Waals surface area (Å²) >= 11 is 0. The normalized spacial score (nSPS) is 11.4. The molecule has 0 spiro atoms. The predicted octanol–water partition coefficient (Wildman–Crippen LogP) is 0.634. The largest absolute Gasteiger partial charge is 0.397 e. The molecular weight excluding hydrogens is 268 g/mol. The van der Waals surface area contributed by atoms with Crippen LogP contribution in [-0.4, -0.2) is 14.4 Å². The van der Waals surface area contributed by atoms with Crippen LogP contribution in [0.15, 0.2) is 42.5 Å². The zero-order valence-corrected chi connectivity index (χ0v) is 10.7. The highest BCUT2D eigenvalue weighted by atomic mass is 32.2. The predicted molar refractivity (Wildman–Crippen MR) is 70.0 cm³/mol. The molecule has 2 aromatic carbocycles. The van der Waals surface area contributed by atoms with Crippen molar-refractivity contribution >= 4 is 27.0 Å². The van der Waals surface area contributed by atoms with E-state index < -0.39 is 16.3 Å². The lowest BCUT2D eigenvalue weighted by Crippen LogP contribution is -2.33. The first-order valence-corrected chi connectivity index (χ1v) is 6.84. The molecule has 100 valence electrons. The number of nitrogens with two attached hydrogens (primary N) is 1. The number of benzene rings is 2. The summed E-state index contributed by atoms with van der Waals surface area (Å²) < 4.78 is 26.2. The third kappa shape index (κ3) is 3.28. The molecule has 3 N–H and O–H groups in total. The number of fused-ring (bicyclic) bond motifs is 1. The number of rotatable bonds is 4. The Kier molecular flexibility index (Phi) is 3.79. The lowest BCUT2D eigenvalue weighted by molar-refractivity contribution is -0.133. The van der Waals surface area contributed by atoms with Gasteiger partial charge in [-0.25, -0.2) is 0 Å². The molecule has 0 heterocycles. The van der Waals surface area contributed by atoms with Gasteiger partial charge in [-0.05, 0) is 16.3 Å². The van der Waals surface area contributed by atoms with Gasteiger partial charge in [0.05, 0.1) is 6.42 Å². The van der Waals surface area contributed by atoms with Crippen molar-refractivity contribution in [3.63, 3.8) is 0 Å². The average Bonchev–Trinajstić information content (AvgIpc) is 2.38. The summed E-state index contributed by atoms with van der Waals surface area (Å²) in [4.78, 5) is 13.0. The third-order valence-corrected chi connectivity index (χ3v) is 3.26. The molecule has 0 aliphatic rings. The Balaban J connectivity index is 2.25. The molecule has 0 saturated carbocycles. The van der Waals surface area contributed by atoms with E-state index >= 15 is 0 Å². The molecular formula is C12H12N2O4S. The van der Waals surface area contributed by atoms with Crippen molar-refractivity contribution in [1.82, 2.24) is 4.83 Å². The molecule has 0 saturated heterocycles. The standard InChI is InChI=1S/C12H12N2O4S/c13-14-19(16,17)18-12(15)8-10-6-3-5-9-4-1-2-7-11(9)10/h1-7,14H,8,13H2. The van der Waals surface area contributed by atoms with E-state index in [0.717, 1.165) is 10.8 Å². The smallest absolute Gasteiger partial charge is 0.333 e. The van der Waals surface area contributed by atoms with Gasteiger partial charge in [-0.2, -0.15) is 8.42 Å². The molecule has 6 nitrogen and oxygen atoms in total. The molecule has 0 aromatic heterocycles. The Morgan fingerprint density at radius 3 is 2.58 bits per heavy atom. The van der Waals surface area contributed by atoms with Crippen LogP contribution in [0, 0.1) is 0 Å². The second kappa shape index (κ2) is 5.35. The maximum absolute atomic E-state index is 11.5. The van der Waals surface area contributed by atoms with Gasteiger partial charge >= 0.3 is 16.3 Å². The van der Waals surface area contributed by atoms with Crippen LogP contribution in [-0.2, 0) is 25.7 Å².